The smallest absolute Gasteiger partial charge is 0.329 e. The zero-order valence-electron chi connectivity index (χ0n) is 12.6. The van der Waals surface area contributed by atoms with Crippen LogP contribution in [0.4, 0.5) is 4.79 Å². The Labute approximate surface area is 120 Å². The van der Waals surface area contributed by atoms with E-state index < -0.39 is 5.97 Å². The number of nitrogens with one attached hydrogen (secondary N) is 2. The van der Waals surface area contributed by atoms with Crippen LogP contribution in [0.5, 0.6) is 0 Å². The Morgan fingerprint density at radius 3 is 2.40 bits per heavy atom. The van der Waals surface area contributed by atoms with E-state index in [0.29, 0.717) is 13.0 Å². The Balaban J connectivity index is 2.15. The van der Waals surface area contributed by atoms with Crippen molar-refractivity contribution in [3.63, 3.8) is 0 Å². The van der Waals surface area contributed by atoms with E-state index in [0.717, 1.165) is 32.4 Å². The molecule has 0 aliphatic carbocycles. The van der Waals surface area contributed by atoms with Gasteiger partial charge in [0.05, 0.1) is 0 Å². The van der Waals surface area contributed by atoms with Crippen LogP contribution in [-0.4, -0.2) is 41.8 Å². The van der Waals surface area contributed by atoms with Gasteiger partial charge in [0, 0.05) is 26.1 Å². The third-order valence-electron chi connectivity index (χ3n) is 3.72. The SMILES string of the molecule is CC(C)(CCNC(=O)NN1CCCCC1)CCC(=O)O. The Morgan fingerprint density at radius 2 is 1.80 bits per heavy atom. The van der Waals surface area contributed by atoms with Crippen LogP contribution in [-0.2, 0) is 4.79 Å². The number of carboxylic acids is 1. The fourth-order valence-corrected chi connectivity index (χ4v) is 2.27. The van der Waals surface area contributed by atoms with E-state index in [9.17, 15) is 9.59 Å². The summed E-state index contributed by atoms with van der Waals surface area (Å²) in [4.78, 5) is 22.3. The summed E-state index contributed by atoms with van der Waals surface area (Å²) in [7, 11) is 0. The van der Waals surface area contributed by atoms with E-state index in [2.05, 4.69) is 10.7 Å². The first-order valence-corrected chi connectivity index (χ1v) is 7.40. The third-order valence-corrected chi connectivity index (χ3v) is 3.72. The monoisotopic (exact) mass is 285 g/mol. The number of carboxylic acid groups (broad SMARTS) is 1. The van der Waals surface area contributed by atoms with E-state index >= 15 is 0 Å². The van der Waals surface area contributed by atoms with E-state index in [1.807, 2.05) is 18.9 Å². The van der Waals surface area contributed by atoms with Gasteiger partial charge in [-0.05, 0) is 31.1 Å². The first-order valence-electron chi connectivity index (χ1n) is 7.40. The number of amides is 2. The van der Waals surface area contributed by atoms with Gasteiger partial charge in [0.15, 0.2) is 0 Å². The number of rotatable bonds is 7. The highest BCUT2D eigenvalue weighted by Gasteiger charge is 2.19. The van der Waals surface area contributed by atoms with Crippen LogP contribution in [0, 0.1) is 5.41 Å². The van der Waals surface area contributed by atoms with Gasteiger partial charge >= 0.3 is 12.0 Å². The lowest BCUT2D eigenvalue weighted by Crippen LogP contribution is -2.49. The Morgan fingerprint density at radius 1 is 1.15 bits per heavy atom. The van der Waals surface area contributed by atoms with Crippen molar-refractivity contribution in [3.05, 3.63) is 0 Å². The van der Waals surface area contributed by atoms with Crippen molar-refractivity contribution in [1.82, 2.24) is 15.8 Å². The number of hydrogen-bond acceptors (Lipinski definition) is 3. The average molecular weight is 285 g/mol. The van der Waals surface area contributed by atoms with E-state index in [4.69, 9.17) is 5.11 Å². The van der Waals surface area contributed by atoms with Crippen molar-refractivity contribution in [2.24, 2.45) is 5.41 Å². The predicted molar refractivity (Wildman–Crippen MR) is 77.2 cm³/mol. The summed E-state index contributed by atoms with van der Waals surface area (Å²) in [5, 5.41) is 13.5. The maximum Gasteiger partial charge on any atom is 0.329 e. The summed E-state index contributed by atoms with van der Waals surface area (Å²) in [6.45, 7) is 6.45. The van der Waals surface area contributed by atoms with Gasteiger partial charge in [-0.2, -0.15) is 0 Å². The summed E-state index contributed by atoms with van der Waals surface area (Å²) < 4.78 is 0. The van der Waals surface area contributed by atoms with Gasteiger partial charge in [0.25, 0.3) is 0 Å². The Kier molecular flexibility index (Phi) is 6.78. The van der Waals surface area contributed by atoms with Gasteiger partial charge < -0.3 is 10.4 Å². The largest absolute Gasteiger partial charge is 0.481 e. The second-order valence-electron chi connectivity index (χ2n) is 6.22. The van der Waals surface area contributed by atoms with E-state index in [1.165, 1.54) is 6.42 Å². The molecule has 1 fully saturated rings. The number of aliphatic carboxylic acids is 1. The maximum absolute atomic E-state index is 11.7. The molecule has 116 valence electrons. The van der Waals surface area contributed by atoms with Crippen LogP contribution in [0.15, 0.2) is 0 Å². The highest BCUT2D eigenvalue weighted by Crippen LogP contribution is 2.25. The topological polar surface area (TPSA) is 81.7 Å². The molecule has 0 bridgehead atoms. The summed E-state index contributed by atoms with van der Waals surface area (Å²) in [6.07, 6.45) is 5.06. The Hall–Kier alpha value is -1.30. The summed E-state index contributed by atoms with van der Waals surface area (Å²) in [5.74, 6) is -0.770. The van der Waals surface area contributed by atoms with Crippen molar-refractivity contribution < 1.29 is 14.7 Å². The lowest BCUT2D eigenvalue weighted by molar-refractivity contribution is -0.137. The molecule has 0 aromatic carbocycles. The van der Waals surface area contributed by atoms with Crippen molar-refractivity contribution >= 4 is 12.0 Å². The molecule has 1 saturated heterocycles. The molecule has 0 unspecified atom stereocenters. The molecular weight excluding hydrogens is 258 g/mol. The molecule has 0 atom stereocenters. The summed E-state index contributed by atoms with van der Waals surface area (Å²) >= 11 is 0. The molecule has 6 heteroatoms. The second-order valence-corrected chi connectivity index (χ2v) is 6.22. The van der Waals surface area contributed by atoms with Crippen LogP contribution >= 0.6 is 0 Å². The van der Waals surface area contributed by atoms with Gasteiger partial charge in [0.1, 0.15) is 0 Å². The van der Waals surface area contributed by atoms with Crippen molar-refractivity contribution in [3.8, 4) is 0 Å². The number of piperidine rings is 1. The van der Waals surface area contributed by atoms with E-state index in [1.54, 1.807) is 0 Å². The number of carbonyl (C=O) groups is 2. The molecule has 3 N–H and O–H groups in total. The maximum atomic E-state index is 11.7. The molecule has 1 aliphatic rings. The lowest BCUT2D eigenvalue weighted by atomic mass is 9.84. The summed E-state index contributed by atoms with van der Waals surface area (Å²) in [5.41, 5.74) is 2.77. The van der Waals surface area contributed by atoms with Crippen LogP contribution in [0.25, 0.3) is 0 Å². The predicted octanol–water partition coefficient (Wildman–Crippen LogP) is 1.97. The van der Waals surface area contributed by atoms with Crippen LogP contribution < -0.4 is 10.7 Å². The zero-order valence-corrected chi connectivity index (χ0v) is 12.6. The molecule has 1 rings (SSSR count). The second kappa shape index (κ2) is 8.09. The number of nitrogens with zero attached hydrogens (tertiary/aromatic N) is 1. The van der Waals surface area contributed by atoms with Gasteiger partial charge in [-0.3, -0.25) is 10.2 Å². The number of hydrogen-bond donors (Lipinski definition) is 3. The molecule has 0 saturated carbocycles. The molecule has 0 aromatic heterocycles. The molecule has 2 amide bonds. The van der Waals surface area contributed by atoms with Crippen LogP contribution in [0.2, 0.25) is 0 Å². The molecule has 0 spiro atoms. The highest BCUT2D eigenvalue weighted by molar-refractivity contribution is 5.73. The Bertz CT molecular complexity index is 326. The van der Waals surface area contributed by atoms with Gasteiger partial charge in [-0.25, -0.2) is 9.80 Å². The minimum absolute atomic E-state index is 0.0726. The molecular formula is C14H27N3O3. The average Bonchev–Trinajstić information content (AvgIpc) is 2.37. The minimum Gasteiger partial charge on any atom is -0.481 e. The van der Waals surface area contributed by atoms with Crippen LogP contribution in [0.1, 0.15) is 52.4 Å². The number of urea groups is 1. The first kappa shape index (κ1) is 16.8. The molecule has 0 aromatic rings. The molecule has 1 aliphatic heterocycles. The zero-order chi connectivity index (χ0) is 15.0. The highest BCUT2D eigenvalue weighted by atomic mass is 16.4. The van der Waals surface area contributed by atoms with Crippen molar-refractivity contribution in [2.45, 2.75) is 52.4 Å². The standard InChI is InChI=1S/C14H27N3O3/c1-14(2,7-6-12(18)19)8-9-15-13(20)16-17-10-4-3-5-11-17/h3-11H2,1-2H3,(H,18,19)(H2,15,16,20). The van der Waals surface area contributed by atoms with E-state index in [-0.39, 0.29) is 17.9 Å². The molecule has 6 nitrogen and oxygen atoms in total. The molecule has 20 heavy (non-hydrogen) atoms. The van der Waals surface area contributed by atoms with Gasteiger partial charge in [-0.1, -0.05) is 20.3 Å². The van der Waals surface area contributed by atoms with Gasteiger partial charge in [0.2, 0.25) is 0 Å². The normalized spacial score (nSPS) is 16.7. The third kappa shape index (κ3) is 7.33. The lowest BCUT2D eigenvalue weighted by Gasteiger charge is -2.27. The van der Waals surface area contributed by atoms with Crippen LogP contribution in [0.3, 0.4) is 0 Å². The quantitative estimate of drug-likeness (QED) is 0.668. The molecule has 1 heterocycles. The minimum atomic E-state index is -0.770. The van der Waals surface area contributed by atoms with Crippen molar-refractivity contribution in [2.75, 3.05) is 19.6 Å². The summed E-state index contributed by atoms with van der Waals surface area (Å²) in [6, 6.07) is -0.166. The fraction of sp³-hybridized carbons (Fsp3) is 0.857. The van der Waals surface area contributed by atoms with Gasteiger partial charge in [-0.15, -0.1) is 0 Å². The van der Waals surface area contributed by atoms with Crippen molar-refractivity contribution in [1.29, 1.82) is 0 Å². The first-order chi connectivity index (χ1) is 9.39. The fourth-order valence-electron chi connectivity index (χ4n) is 2.27. The number of hydrazine groups is 1. The number of carbonyl (C=O) groups excluding carboxylic acids is 1. The molecule has 0 radical (unpaired) electrons.